The number of sulfonamides is 1. The van der Waals surface area contributed by atoms with E-state index in [0.29, 0.717) is 18.0 Å². The molecular formula is C12H20N2O2S. The van der Waals surface area contributed by atoms with E-state index in [9.17, 15) is 8.42 Å². The van der Waals surface area contributed by atoms with Crippen molar-refractivity contribution in [3.8, 4) is 0 Å². The molecule has 0 bridgehead atoms. The summed E-state index contributed by atoms with van der Waals surface area (Å²) in [5, 5.41) is 0. The van der Waals surface area contributed by atoms with Crippen molar-refractivity contribution in [3.63, 3.8) is 0 Å². The molecule has 0 unspecified atom stereocenters. The average Bonchev–Trinajstić information content (AvgIpc) is 2.34. The molecule has 0 atom stereocenters. The van der Waals surface area contributed by atoms with Gasteiger partial charge in [-0.15, -0.1) is 0 Å². The molecule has 0 amide bonds. The van der Waals surface area contributed by atoms with E-state index in [-0.39, 0.29) is 0 Å². The first kappa shape index (κ1) is 14.2. The second kappa shape index (κ2) is 6.74. The van der Waals surface area contributed by atoms with Gasteiger partial charge in [-0.25, -0.2) is 13.1 Å². The lowest BCUT2D eigenvalue weighted by Crippen LogP contribution is -2.24. The van der Waals surface area contributed by atoms with Gasteiger partial charge in [-0.3, -0.25) is 0 Å². The van der Waals surface area contributed by atoms with Gasteiger partial charge in [0, 0.05) is 6.54 Å². The van der Waals surface area contributed by atoms with Crippen molar-refractivity contribution in [2.24, 2.45) is 5.73 Å². The molecule has 0 aliphatic rings. The molecule has 4 nitrogen and oxygen atoms in total. The standard InChI is InChI=1S/C12H20N2O2S/c1-2-10-14-17(15,16)12-7-5-11(6-8-12)4-3-9-13/h5-8,14H,2-4,9-10,13H2,1H3. The predicted molar refractivity (Wildman–Crippen MR) is 69.3 cm³/mol. The second-order valence-electron chi connectivity index (χ2n) is 3.93. The van der Waals surface area contributed by atoms with Crippen molar-refractivity contribution < 1.29 is 8.42 Å². The summed E-state index contributed by atoms with van der Waals surface area (Å²) < 4.78 is 26.1. The van der Waals surface area contributed by atoms with Crippen LogP contribution >= 0.6 is 0 Å². The summed E-state index contributed by atoms with van der Waals surface area (Å²) in [6.07, 6.45) is 2.59. The highest BCUT2D eigenvalue weighted by Crippen LogP contribution is 2.11. The first-order valence-electron chi connectivity index (χ1n) is 5.89. The fraction of sp³-hybridized carbons (Fsp3) is 0.500. The molecule has 0 radical (unpaired) electrons. The quantitative estimate of drug-likeness (QED) is 0.771. The van der Waals surface area contributed by atoms with E-state index in [4.69, 9.17) is 5.73 Å². The molecule has 0 saturated heterocycles. The van der Waals surface area contributed by atoms with Crippen molar-refractivity contribution in [3.05, 3.63) is 29.8 Å². The Balaban J connectivity index is 2.73. The number of aryl methyl sites for hydroxylation is 1. The lowest BCUT2D eigenvalue weighted by atomic mass is 10.1. The van der Waals surface area contributed by atoms with E-state index in [1.165, 1.54) is 0 Å². The normalized spacial score (nSPS) is 11.6. The Labute approximate surface area is 103 Å². The van der Waals surface area contributed by atoms with Gasteiger partial charge in [0.25, 0.3) is 0 Å². The van der Waals surface area contributed by atoms with Gasteiger partial charge in [0.1, 0.15) is 0 Å². The molecule has 0 aromatic heterocycles. The molecule has 0 spiro atoms. The molecule has 17 heavy (non-hydrogen) atoms. The molecule has 0 aliphatic heterocycles. The van der Waals surface area contributed by atoms with Crippen LogP contribution in [-0.4, -0.2) is 21.5 Å². The zero-order valence-corrected chi connectivity index (χ0v) is 11.0. The molecule has 5 heteroatoms. The number of hydrogen-bond donors (Lipinski definition) is 2. The van der Waals surface area contributed by atoms with Crippen LogP contribution in [0.15, 0.2) is 29.2 Å². The van der Waals surface area contributed by atoms with E-state index in [0.717, 1.165) is 24.8 Å². The van der Waals surface area contributed by atoms with Crippen molar-refractivity contribution >= 4 is 10.0 Å². The van der Waals surface area contributed by atoms with E-state index >= 15 is 0 Å². The Morgan fingerprint density at radius 1 is 1.24 bits per heavy atom. The minimum Gasteiger partial charge on any atom is -0.330 e. The molecule has 3 N–H and O–H groups in total. The molecule has 0 saturated carbocycles. The van der Waals surface area contributed by atoms with Gasteiger partial charge >= 0.3 is 0 Å². The minimum absolute atomic E-state index is 0.322. The number of rotatable bonds is 7. The summed E-state index contributed by atoms with van der Waals surface area (Å²) in [4.78, 5) is 0.322. The SMILES string of the molecule is CCCNS(=O)(=O)c1ccc(CCCN)cc1. The Hall–Kier alpha value is -0.910. The highest BCUT2D eigenvalue weighted by molar-refractivity contribution is 7.89. The van der Waals surface area contributed by atoms with E-state index in [1.807, 2.05) is 19.1 Å². The molecule has 0 fully saturated rings. The van der Waals surface area contributed by atoms with Gasteiger partial charge in [-0.1, -0.05) is 19.1 Å². The highest BCUT2D eigenvalue weighted by Gasteiger charge is 2.12. The zero-order chi connectivity index (χ0) is 12.7. The number of hydrogen-bond acceptors (Lipinski definition) is 3. The van der Waals surface area contributed by atoms with Crippen LogP contribution in [0.2, 0.25) is 0 Å². The average molecular weight is 256 g/mol. The van der Waals surface area contributed by atoms with Gasteiger partial charge in [0.2, 0.25) is 10.0 Å². The third kappa shape index (κ3) is 4.46. The fourth-order valence-electron chi connectivity index (χ4n) is 1.46. The van der Waals surface area contributed by atoms with Crippen molar-refractivity contribution in [1.82, 2.24) is 4.72 Å². The van der Waals surface area contributed by atoms with Crippen LogP contribution in [0.3, 0.4) is 0 Å². The molecule has 1 aromatic carbocycles. The monoisotopic (exact) mass is 256 g/mol. The van der Waals surface area contributed by atoms with Crippen LogP contribution < -0.4 is 10.5 Å². The fourth-order valence-corrected chi connectivity index (χ4v) is 2.60. The lowest BCUT2D eigenvalue weighted by molar-refractivity contribution is 0.581. The van der Waals surface area contributed by atoms with Gasteiger partial charge in [0.05, 0.1) is 4.90 Å². The molecule has 96 valence electrons. The summed E-state index contributed by atoms with van der Waals surface area (Å²) in [5.74, 6) is 0. The Bertz CT molecular complexity index is 426. The minimum atomic E-state index is -3.33. The Morgan fingerprint density at radius 2 is 1.88 bits per heavy atom. The zero-order valence-electron chi connectivity index (χ0n) is 10.1. The maximum Gasteiger partial charge on any atom is 0.240 e. The van der Waals surface area contributed by atoms with E-state index in [2.05, 4.69) is 4.72 Å². The first-order chi connectivity index (χ1) is 8.10. The van der Waals surface area contributed by atoms with Crippen molar-refractivity contribution in [1.29, 1.82) is 0 Å². The highest BCUT2D eigenvalue weighted by atomic mass is 32.2. The molecule has 1 rings (SSSR count). The smallest absolute Gasteiger partial charge is 0.240 e. The van der Waals surface area contributed by atoms with Crippen molar-refractivity contribution in [2.45, 2.75) is 31.1 Å². The maximum atomic E-state index is 11.8. The summed E-state index contributed by atoms with van der Waals surface area (Å²) in [5.41, 5.74) is 6.54. The van der Waals surface area contributed by atoms with Crippen LogP contribution in [0.25, 0.3) is 0 Å². The molecular weight excluding hydrogens is 236 g/mol. The van der Waals surface area contributed by atoms with Gasteiger partial charge in [-0.05, 0) is 43.5 Å². The maximum absolute atomic E-state index is 11.8. The summed E-state index contributed by atoms with van der Waals surface area (Å²) in [6.45, 7) is 3.05. The van der Waals surface area contributed by atoms with Crippen LogP contribution in [0.1, 0.15) is 25.3 Å². The Kier molecular flexibility index (Phi) is 5.61. The Morgan fingerprint density at radius 3 is 2.41 bits per heavy atom. The lowest BCUT2D eigenvalue weighted by Gasteiger charge is -2.06. The summed E-state index contributed by atoms with van der Waals surface area (Å²) >= 11 is 0. The number of nitrogens with one attached hydrogen (secondary N) is 1. The summed E-state index contributed by atoms with van der Waals surface area (Å²) in [7, 11) is -3.33. The third-order valence-corrected chi connectivity index (χ3v) is 3.92. The second-order valence-corrected chi connectivity index (χ2v) is 5.70. The van der Waals surface area contributed by atoms with Crippen molar-refractivity contribution in [2.75, 3.05) is 13.1 Å². The number of benzene rings is 1. The van der Waals surface area contributed by atoms with Gasteiger partial charge in [0.15, 0.2) is 0 Å². The van der Waals surface area contributed by atoms with Gasteiger partial charge < -0.3 is 5.73 Å². The molecule has 0 heterocycles. The topological polar surface area (TPSA) is 72.2 Å². The van der Waals surface area contributed by atoms with Crippen LogP contribution in [0.4, 0.5) is 0 Å². The van der Waals surface area contributed by atoms with Crippen LogP contribution in [0.5, 0.6) is 0 Å². The summed E-state index contributed by atoms with van der Waals surface area (Å²) in [6, 6.07) is 6.97. The predicted octanol–water partition coefficient (Wildman–Crippen LogP) is 1.27. The molecule has 0 aliphatic carbocycles. The van der Waals surface area contributed by atoms with E-state index < -0.39 is 10.0 Å². The third-order valence-electron chi connectivity index (χ3n) is 2.45. The van der Waals surface area contributed by atoms with Crippen LogP contribution in [-0.2, 0) is 16.4 Å². The molecule has 1 aromatic rings. The first-order valence-corrected chi connectivity index (χ1v) is 7.37. The van der Waals surface area contributed by atoms with Gasteiger partial charge in [-0.2, -0.15) is 0 Å². The van der Waals surface area contributed by atoms with E-state index in [1.54, 1.807) is 12.1 Å². The largest absolute Gasteiger partial charge is 0.330 e. The van der Waals surface area contributed by atoms with Crippen LogP contribution in [0, 0.1) is 0 Å². The number of nitrogens with two attached hydrogens (primary N) is 1.